The number of hydrogen-bond donors (Lipinski definition) is 2. The van der Waals surface area contributed by atoms with Crippen LogP contribution >= 0.6 is 11.3 Å². The van der Waals surface area contributed by atoms with Crippen molar-refractivity contribution in [2.24, 2.45) is 5.92 Å². The first-order valence-corrected chi connectivity index (χ1v) is 7.32. The van der Waals surface area contributed by atoms with E-state index in [1.54, 1.807) is 6.07 Å². The summed E-state index contributed by atoms with van der Waals surface area (Å²) < 4.78 is 0. The van der Waals surface area contributed by atoms with Crippen molar-refractivity contribution in [3.63, 3.8) is 0 Å². The minimum Gasteiger partial charge on any atom is -0.477 e. The van der Waals surface area contributed by atoms with Crippen molar-refractivity contribution in [1.82, 2.24) is 10.2 Å². The number of piperidine rings is 3. The van der Waals surface area contributed by atoms with Gasteiger partial charge in [-0.1, -0.05) is 0 Å². The average molecular weight is 266 g/mol. The highest BCUT2D eigenvalue weighted by Crippen LogP contribution is 2.28. The lowest BCUT2D eigenvalue weighted by Crippen LogP contribution is -2.55. The summed E-state index contributed by atoms with van der Waals surface area (Å²) in [5.74, 6) is -0.0111. The van der Waals surface area contributed by atoms with Crippen molar-refractivity contribution in [1.29, 1.82) is 0 Å². The SMILES string of the molecule is O=C(O)c1ccc(CNC2CN3CCC2CC3)s1. The van der Waals surface area contributed by atoms with Crippen LogP contribution in [0, 0.1) is 5.92 Å². The molecule has 18 heavy (non-hydrogen) atoms. The molecule has 0 amide bonds. The van der Waals surface area contributed by atoms with Gasteiger partial charge in [0, 0.05) is 24.0 Å². The summed E-state index contributed by atoms with van der Waals surface area (Å²) in [5.41, 5.74) is 0. The zero-order valence-electron chi connectivity index (χ0n) is 10.3. The fraction of sp³-hybridized carbons (Fsp3) is 0.615. The van der Waals surface area contributed by atoms with Crippen LogP contribution in [0.15, 0.2) is 12.1 Å². The van der Waals surface area contributed by atoms with Crippen LogP contribution in [0.1, 0.15) is 27.4 Å². The number of nitrogens with one attached hydrogen (secondary N) is 1. The molecule has 2 bridgehead atoms. The zero-order valence-corrected chi connectivity index (χ0v) is 11.1. The summed E-state index contributed by atoms with van der Waals surface area (Å²) >= 11 is 1.37. The van der Waals surface area contributed by atoms with Gasteiger partial charge in [0.25, 0.3) is 0 Å². The number of carboxylic acids is 1. The second-order valence-electron chi connectivity index (χ2n) is 5.20. The summed E-state index contributed by atoms with van der Waals surface area (Å²) in [5, 5.41) is 12.5. The Labute approximate surface area is 111 Å². The van der Waals surface area contributed by atoms with E-state index >= 15 is 0 Å². The summed E-state index contributed by atoms with van der Waals surface area (Å²) in [7, 11) is 0. The highest BCUT2D eigenvalue weighted by Gasteiger charge is 2.33. The van der Waals surface area contributed by atoms with E-state index in [4.69, 9.17) is 5.11 Å². The molecule has 4 rings (SSSR count). The lowest BCUT2D eigenvalue weighted by Gasteiger charge is -2.45. The van der Waals surface area contributed by atoms with Crippen molar-refractivity contribution >= 4 is 17.3 Å². The van der Waals surface area contributed by atoms with Crippen LogP contribution in [0.3, 0.4) is 0 Å². The third kappa shape index (κ3) is 2.43. The number of aromatic carboxylic acids is 1. The first-order valence-electron chi connectivity index (χ1n) is 6.50. The number of rotatable bonds is 4. The fourth-order valence-electron chi connectivity index (χ4n) is 3.02. The maximum Gasteiger partial charge on any atom is 0.345 e. The Hall–Kier alpha value is -0.910. The maximum atomic E-state index is 10.8. The fourth-order valence-corrected chi connectivity index (χ4v) is 3.81. The third-order valence-electron chi connectivity index (χ3n) is 4.07. The monoisotopic (exact) mass is 266 g/mol. The minimum atomic E-state index is -0.825. The van der Waals surface area contributed by atoms with Crippen molar-refractivity contribution in [2.45, 2.75) is 25.4 Å². The van der Waals surface area contributed by atoms with E-state index in [1.807, 2.05) is 6.07 Å². The molecule has 4 heterocycles. The lowest BCUT2D eigenvalue weighted by molar-refractivity contribution is 0.0702. The number of hydrogen-bond acceptors (Lipinski definition) is 4. The highest BCUT2D eigenvalue weighted by molar-refractivity contribution is 7.13. The molecule has 0 aromatic carbocycles. The Morgan fingerprint density at radius 3 is 2.78 bits per heavy atom. The molecule has 3 fully saturated rings. The third-order valence-corrected chi connectivity index (χ3v) is 5.14. The first kappa shape index (κ1) is 12.1. The second kappa shape index (κ2) is 4.99. The largest absolute Gasteiger partial charge is 0.477 e. The topological polar surface area (TPSA) is 52.6 Å². The van der Waals surface area contributed by atoms with Crippen LogP contribution in [0.25, 0.3) is 0 Å². The number of thiophene rings is 1. The summed E-state index contributed by atoms with van der Waals surface area (Å²) in [6.07, 6.45) is 2.62. The van der Waals surface area contributed by atoms with Crippen LogP contribution < -0.4 is 5.32 Å². The summed E-state index contributed by atoms with van der Waals surface area (Å²) in [6.45, 7) is 4.46. The Kier molecular flexibility index (Phi) is 3.37. The molecule has 4 nitrogen and oxygen atoms in total. The zero-order chi connectivity index (χ0) is 12.5. The molecular weight excluding hydrogens is 248 g/mol. The van der Waals surface area contributed by atoms with Gasteiger partial charge in [-0.15, -0.1) is 11.3 Å². The minimum absolute atomic E-state index is 0.431. The lowest BCUT2D eigenvalue weighted by atomic mass is 9.84. The molecule has 1 unspecified atom stereocenters. The van der Waals surface area contributed by atoms with Gasteiger partial charge in [-0.2, -0.15) is 0 Å². The Bertz CT molecular complexity index is 438. The van der Waals surface area contributed by atoms with Gasteiger partial charge < -0.3 is 15.3 Å². The Morgan fingerprint density at radius 1 is 1.44 bits per heavy atom. The molecule has 5 heteroatoms. The van der Waals surface area contributed by atoms with Crippen LogP contribution in [0.4, 0.5) is 0 Å². The van der Waals surface area contributed by atoms with Gasteiger partial charge in [-0.25, -0.2) is 4.79 Å². The van der Waals surface area contributed by atoms with Gasteiger partial charge in [0.05, 0.1) is 0 Å². The Morgan fingerprint density at radius 2 is 2.22 bits per heavy atom. The predicted octanol–water partition coefficient (Wildman–Crippen LogP) is 1.63. The second-order valence-corrected chi connectivity index (χ2v) is 6.36. The quantitative estimate of drug-likeness (QED) is 0.869. The smallest absolute Gasteiger partial charge is 0.345 e. The number of carbonyl (C=O) groups is 1. The van der Waals surface area contributed by atoms with E-state index in [-0.39, 0.29) is 0 Å². The summed E-state index contributed by atoms with van der Waals surface area (Å²) in [6, 6.07) is 4.20. The normalized spacial score (nSPS) is 30.6. The van der Waals surface area contributed by atoms with Crippen LogP contribution in [-0.4, -0.2) is 41.7 Å². The summed E-state index contributed by atoms with van der Waals surface area (Å²) in [4.78, 5) is 14.9. The van der Waals surface area contributed by atoms with Gasteiger partial charge in [-0.3, -0.25) is 0 Å². The van der Waals surface area contributed by atoms with Crippen molar-refractivity contribution in [3.05, 3.63) is 21.9 Å². The molecule has 3 aliphatic rings. The molecule has 2 N–H and O–H groups in total. The van der Waals surface area contributed by atoms with Gasteiger partial charge in [0.2, 0.25) is 0 Å². The molecule has 0 spiro atoms. The van der Waals surface area contributed by atoms with Crippen LogP contribution in [-0.2, 0) is 6.54 Å². The molecular formula is C13H18N2O2S. The molecule has 3 saturated heterocycles. The van der Waals surface area contributed by atoms with Crippen molar-refractivity contribution < 1.29 is 9.90 Å². The predicted molar refractivity (Wildman–Crippen MR) is 71.1 cm³/mol. The molecule has 0 radical (unpaired) electrons. The van der Waals surface area contributed by atoms with Crippen LogP contribution in [0.2, 0.25) is 0 Å². The number of fused-ring (bicyclic) bond motifs is 3. The van der Waals surface area contributed by atoms with E-state index in [0.717, 1.165) is 23.9 Å². The molecule has 0 saturated carbocycles. The van der Waals surface area contributed by atoms with Crippen LogP contribution in [0.5, 0.6) is 0 Å². The van der Waals surface area contributed by atoms with Gasteiger partial charge in [0.1, 0.15) is 4.88 Å². The molecule has 0 aliphatic carbocycles. The van der Waals surface area contributed by atoms with Crippen molar-refractivity contribution in [2.75, 3.05) is 19.6 Å². The molecule has 1 aromatic rings. The molecule has 1 aromatic heterocycles. The van der Waals surface area contributed by atoms with Gasteiger partial charge >= 0.3 is 5.97 Å². The molecule has 1 atom stereocenters. The maximum absolute atomic E-state index is 10.8. The highest BCUT2D eigenvalue weighted by atomic mass is 32.1. The van der Waals surface area contributed by atoms with Gasteiger partial charge in [0.15, 0.2) is 0 Å². The molecule has 98 valence electrons. The number of nitrogens with zero attached hydrogens (tertiary/aromatic N) is 1. The van der Waals surface area contributed by atoms with Crippen molar-refractivity contribution in [3.8, 4) is 0 Å². The van der Waals surface area contributed by atoms with E-state index in [1.165, 1.54) is 37.3 Å². The number of carboxylic acid groups (broad SMARTS) is 1. The first-order chi connectivity index (χ1) is 8.72. The molecule has 3 aliphatic heterocycles. The van der Waals surface area contributed by atoms with Gasteiger partial charge in [-0.05, 0) is 44.0 Å². The standard InChI is InChI=1S/C13H18N2O2S/c16-13(17)12-2-1-10(18-12)7-14-11-8-15-5-3-9(11)4-6-15/h1-2,9,11,14H,3-8H2,(H,16,17). The van der Waals surface area contributed by atoms with E-state index in [9.17, 15) is 4.79 Å². The van der Waals surface area contributed by atoms with E-state index < -0.39 is 5.97 Å². The Balaban J connectivity index is 1.56. The van der Waals surface area contributed by atoms with E-state index in [0.29, 0.717) is 10.9 Å². The average Bonchev–Trinajstić information content (AvgIpc) is 2.87. The van der Waals surface area contributed by atoms with E-state index in [2.05, 4.69) is 10.2 Å².